The molecule has 0 bridgehead atoms. The summed E-state index contributed by atoms with van der Waals surface area (Å²) in [5.74, 6) is 1.63. The second kappa shape index (κ2) is 5.72. The molecule has 0 N–H and O–H groups in total. The molecule has 0 radical (unpaired) electrons. The molecule has 0 saturated carbocycles. The van der Waals surface area contributed by atoms with E-state index in [1.165, 1.54) is 5.56 Å². The van der Waals surface area contributed by atoms with Crippen molar-refractivity contribution >= 4 is 5.78 Å². The Hall–Kier alpha value is -2.09. The Morgan fingerprint density at radius 3 is 2.52 bits per heavy atom. The van der Waals surface area contributed by atoms with Crippen LogP contribution in [-0.2, 0) is 13.0 Å². The third-order valence-electron chi connectivity index (χ3n) is 4.08. The maximum Gasteiger partial charge on any atom is 0.163 e. The first kappa shape index (κ1) is 13.9. The zero-order valence-electron chi connectivity index (χ0n) is 12.6. The highest BCUT2D eigenvalue weighted by Crippen LogP contribution is 2.31. The summed E-state index contributed by atoms with van der Waals surface area (Å²) in [4.78, 5) is 11.7. The predicted molar refractivity (Wildman–Crippen MR) is 84.0 cm³/mol. The van der Waals surface area contributed by atoms with Crippen molar-refractivity contribution in [1.29, 1.82) is 0 Å². The van der Waals surface area contributed by atoms with Gasteiger partial charge in [-0.15, -0.1) is 0 Å². The highest BCUT2D eigenvalue weighted by molar-refractivity contribution is 6.01. The van der Waals surface area contributed by atoms with Gasteiger partial charge in [-0.2, -0.15) is 0 Å². The number of ketones is 1. The number of fused-ring (bicyclic) bond motifs is 1. The maximum atomic E-state index is 11.7. The Labute approximate surface area is 125 Å². The topological polar surface area (TPSA) is 26.3 Å². The fraction of sp³-hybridized carbons (Fsp3) is 0.316. The normalized spacial score (nSPS) is 13.6. The van der Waals surface area contributed by atoms with Crippen LogP contribution >= 0.6 is 0 Å². The lowest BCUT2D eigenvalue weighted by atomic mass is 10.0. The van der Waals surface area contributed by atoms with Gasteiger partial charge in [0, 0.05) is 17.5 Å². The molecule has 2 nitrogen and oxygen atoms in total. The van der Waals surface area contributed by atoms with E-state index >= 15 is 0 Å². The van der Waals surface area contributed by atoms with E-state index in [1.54, 1.807) is 0 Å². The molecule has 2 heteroatoms. The Morgan fingerprint density at radius 2 is 1.81 bits per heavy atom. The lowest BCUT2D eigenvalue weighted by Crippen LogP contribution is -1.99. The van der Waals surface area contributed by atoms with E-state index in [0.29, 0.717) is 18.9 Å². The Morgan fingerprint density at radius 1 is 1.05 bits per heavy atom. The number of Topliss-reactive ketones (excluding diaryl/α,β-unsaturated/α-hetero) is 1. The largest absolute Gasteiger partial charge is 0.489 e. The van der Waals surface area contributed by atoms with E-state index in [-0.39, 0.29) is 5.78 Å². The molecular formula is C19H20O2. The SMILES string of the molecule is CC(C)c1ccc(COc2cccc3c2CCC3=O)cc1. The quantitative estimate of drug-likeness (QED) is 0.823. The molecule has 0 heterocycles. The van der Waals surface area contributed by atoms with Crippen molar-refractivity contribution in [2.75, 3.05) is 0 Å². The average Bonchev–Trinajstić information content (AvgIpc) is 2.88. The van der Waals surface area contributed by atoms with Gasteiger partial charge >= 0.3 is 0 Å². The summed E-state index contributed by atoms with van der Waals surface area (Å²) in [5.41, 5.74) is 4.40. The molecule has 108 valence electrons. The van der Waals surface area contributed by atoms with Crippen LogP contribution in [-0.4, -0.2) is 5.78 Å². The minimum Gasteiger partial charge on any atom is -0.489 e. The van der Waals surface area contributed by atoms with Gasteiger partial charge < -0.3 is 4.74 Å². The van der Waals surface area contributed by atoms with E-state index in [1.807, 2.05) is 18.2 Å². The summed E-state index contributed by atoms with van der Waals surface area (Å²) < 4.78 is 5.93. The average molecular weight is 280 g/mol. The molecule has 0 atom stereocenters. The Kier molecular flexibility index (Phi) is 3.78. The van der Waals surface area contributed by atoms with Crippen molar-refractivity contribution in [2.45, 2.75) is 39.2 Å². The third-order valence-corrected chi connectivity index (χ3v) is 4.08. The first-order valence-corrected chi connectivity index (χ1v) is 7.52. The zero-order valence-corrected chi connectivity index (χ0v) is 12.6. The van der Waals surface area contributed by atoms with Crippen molar-refractivity contribution in [3.8, 4) is 5.75 Å². The van der Waals surface area contributed by atoms with E-state index < -0.39 is 0 Å². The lowest BCUT2D eigenvalue weighted by Gasteiger charge is -2.11. The minimum atomic E-state index is 0.233. The molecule has 3 rings (SSSR count). The van der Waals surface area contributed by atoms with Crippen molar-refractivity contribution in [3.05, 3.63) is 64.7 Å². The van der Waals surface area contributed by atoms with Crippen LogP contribution in [0, 0.1) is 0 Å². The van der Waals surface area contributed by atoms with Crippen molar-refractivity contribution in [1.82, 2.24) is 0 Å². The number of hydrogen-bond acceptors (Lipinski definition) is 2. The predicted octanol–water partition coefficient (Wildman–Crippen LogP) is 4.52. The van der Waals surface area contributed by atoms with Crippen LogP contribution in [0.5, 0.6) is 5.75 Å². The second-order valence-electron chi connectivity index (χ2n) is 5.89. The Bertz CT molecular complexity index is 654. The van der Waals surface area contributed by atoms with Crippen LogP contribution in [0.25, 0.3) is 0 Å². The standard InChI is InChI=1S/C19H20O2/c1-13(2)15-8-6-14(7-9-15)12-21-19-5-3-4-16-17(19)10-11-18(16)20/h3-9,13H,10-12H2,1-2H3. The summed E-state index contributed by atoms with van der Waals surface area (Å²) in [6.45, 7) is 4.93. The van der Waals surface area contributed by atoms with E-state index in [4.69, 9.17) is 4.74 Å². The van der Waals surface area contributed by atoms with E-state index in [2.05, 4.69) is 38.1 Å². The number of benzene rings is 2. The molecule has 0 unspecified atom stereocenters. The van der Waals surface area contributed by atoms with Crippen LogP contribution < -0.4 is 4.74 Å². The van der Waals surface area contributed by atoms with Crippen LogP contribution in [0.2, 0.25) is 0 Å². The minimum absolute atomic E-state index is 0.233. The van der Waals surface area contributed by atoms with Crippen LogP contribution in [0.15, 0.2) is 42.5 Å². The molecule has 2 aromatic rings. The van der Waals surface area contributed by atoms with Gasteiger partial charge in [0.2, 0.25) is 0 Å². The monoisotopic (exact) mass is 280 g/mol. The molecule has 0 saturated heterocycles. The molecule has 21 heavy (non-hydrogen) atoms. The molecule has 0 fully saturated rings. The van der Waals surface area contributed by atoms with Crippen molar-refractivity contribution in [2.24, 2.45) is 0 Å². The van der Waals surface area contributed by atoms with Gasteiger partial charge in [0.1, 0.15) is 12.4 Å². The van der Waals surface area contributed by atoms with Crippen LogP contribution in [0.1, 0.15) is 53.2 Å². The van der Waals surface area contributed by atoms with Gasteiger partial charge in [-0.3, -0.25) is 4.79 Å². The lowest BCUT2D eigenvalue weighted by molar-refractivity contribution is 0.0994. The van der Waals surface area contributed by atoms with Gasteiger partial charge in [0.15, 0.2) is 5.78 Å². The van der Waals surface area contributed by atoms with Gasteiger partial charge in [0.05, 0.1) is 0 Å². The number of carbonyl (C=O) groups excluding carboxylic acids is 1. The molecule has 0 amide bonds. The number of ether oxygens (including phenoxy) is 1. The maximum absolute atomic E-state index is 11.7. The van der Waals surface area contributed by atoms with Crippen molar-refractivity contribution < 1.29 is 9.53 Å². The summed E-state index contributed by atoms with van der Waals surface area (Å²) >= 11 is 0. The fourth-order valence-corrected chi connectivity index (χ4v) is 2.75. The smallest absolute Gasteiger partial charge is 0.163 e. The number of hydrogen-bond donors (Lipinski definition) is 0. The van der Waals surface area contributed by atoms with E-state index in [9.17, 15) is 4.79 Å². The first-order valence-electron chi connectivity index (χ1n) is 7.52. The number of carbonyl (C=O) groups is 1. The number of rotatable bonds is 4. The second-order valence-corrected chi connectivity index (χ2v) is 5.89. The third kappa shape index (κ3) is 2.85. The molecule has 1 aliphatic carbocycles. The summed E-state index contributed by atoms with van der Waals surface area (Å²) in [6, 6.07) is 14.3. The van der Waals surface area contributed by atoms with Gasteiger partial charge in [-0.1, -0.05) is 50.2 Å². The molecular weight excluding hydrogens is 260 g/mol. The van der Waals surface area contributed by atoms with Crippen LogP contribution in [0.3, 0.4) is 0 Å². The first-order chi connectivity index (χ1) is 10.1. The highest BCUT2D eigenvalue weighted by atomic mass is 16.5. The van der Waals surface area contributed by atoms with Crippen molar-refractivity contribution in [3.63, 3.8) is 0 Å². The van der Waals surface area contributed by atoms with Gasteiger partial charge in [-0.25, -0.2) is 0 Å². The molecule has 0 aromatic heterocycles. The van der Waals surface area contributed by atoms with Gasteiger partial charge in [-0.05, 0) is 29.5 Å². The molecule has 1 aliphatic rings. The highest BCUT2D eigenvalue weighted by Gasteiger charge is 2.22. The molecule has 2 aromatic carbocycles. The fourth-order valence-electron chi connectivity index (χ4n) is 2.75. The Balaban J connectivity index is 1.72. The van der Waals surface area contributed by atoms with E-state index in [0.717, 1.165) is 28.9 Å². The van der Waals surface area contributed by atoms with Crippen LogP contribution in [0.4, 0.5) is 0 Å². The molecule has 0 spiro atoms. The summed E-state index contributed by atoms with van der Waals surface area (Å²) in [7, 11) is 0. The summed E-state index contributed by atoms with van der Waals surface area (Å²) in [6.07, 6.45) is 1.41. The zero-order chi connectivity index (χ0) is 14.8. The van der Waals surface area contributed by atoms with Gasteiger partial charge in [0.25, 0.3) is 0 Å². The molecule has 0 aliphatic heterocycles. The summed E-state index contributed by atoms with van der Waals surface area (Å²) in [5, 5.41) is 0.